The van der Waals surface area contributed by atoms with Crippen molar-refractivity contribution in [1.82, 2.24) is 10.6 Å². The predicted octanol–water partition coefficient (Wildman–Crippen LogP) is 3.34. The lowest BCUT2D eigenvalue weighted by Crippen LogP contribution is -2.40. The SMILES string of the molecule is CCCC(CCO)CNC(=NCc1ccc(NC(=O)OC)cc1)NCC.I. The average molecular weight is 492 g/mol. The van der Waals surface area contributed by atoms with Crippen LogP contribution in [0.15, 0.2) is 29.3 Å². The van der Waals surface area contributed by atoms with Crippen molar-refractivity contribution < 1.29 is 14.6 Å². The zero-order chi connectivity index (χ0) is 19.2. The number of ether oxygens (including phenoxy) is 1. The van der Waals surface area contributed by atoms with Crippen molar-refractivity contribution >= 4 is 41.7 Å². The lowest BCUT2D eigenvalue weighted by Gasteiger charge is -2.18. The summed E-state index contributed by atoms with van der Waals surface area (Å²) in [6.07, 6.45) is 2.50. The molecule has 1 amide bonds. The van der Waals surface area contributed by atoms with Crippen LogP contribution >= 0.6 is 24.0 Å². The molecule has 0 aliphatic heterocycles. The van der Waals surface area contributed by atoms with Gasteiger partial charge in [0.2, 0.25) is 0 Å². The van der Waals surface area contributed by atoms with Crippen molar-refractivity contribution in [2.75, 3.05) is 32.1 Å². The van der Waals surface area contributed by atoms with Crippen molar-refractivity contribution in [3.63, 3.8) is 0 Å². The lowest BCUT2D eigenvalue weighted by molar-refractivity contribution is 0.187. The number of carbonyl (C=O) groups excluding carboxylic acids is 1. The molecule has 27 heavy (non-hydrogen) atoms. The van der Waals surface area contributed by atoms with E-state index < -0.39 is 6.09 Å². The van der Waals surface area contributed by atoms with E-state index in [1.165, 1.54) is 7.11 Å². The van der Waals surface area contributed by atoms with E-state index in [1.54, 1.807) is 0 Å². The molecular weight excluding hydrogens is 459 g/mol. The molecule has 0 saturated carbocycles. The average Bonchev–Trinajstić information content (AvgIpc) is 2.65. The van der Waals surface area contributed by atoms with E-state index in [-0.39, 0.29) is 30.6 Å². The summed E-state index contributed by atoms with van der Waals surface area (Å²) in [5.41, 5.74) is 1.72. The first kappa shape index (κ1) is 25.4. The van der Waals surface area contributed by atoms with Crippen molar-refractivity contribution in [1.29, 1.82) is 0 Å². The summed E-state index contributed by atoms with van der Waals surface area (Å²) < 4.78 is 4.57. The number of hydrogen-bond acceptors (Lipinski definition) is 4. The second-order valence-corrected chi connectivity index (χ2v) is 6.06. The molecule has 8 heteroatoms. The third kappa shape index (κ3) is 11.0. The fraction of sp³-hybridized carbons (Fsp3) is 0.579. The molecule has 0 radical (unpaired) electrons. The van der Waals surface area contributed by atoms with E-state index in [2.05, 4.69) is 32.6 Å². The summed E-state index contributed by atoms with van der Waals surface area (Å²) in [7, 11) is 1.33. The van der Waals surface area contributed by atoms with Gasteiger partial charge in [0.15, 0.2) is 5.96 Å². The Kier molecular flexibility index (Phi) is 14.6. The number of guanidine groups is 1. The first-order valence-electron chi connectivity index (χ1n) is 9.19. The number of hydrogen-bond donors (Lipinski definition) is 4. The highest BCUT2D eigenvalue weighted by Gasteiger charge is 2.08. The number of aliphatic hydroxyl groups excluding tert-OH is 1. The number of nitrogens with one attached hydrogen (secondary N) is 3. The number of methoxy groups -OCH3 is 1. The zero-order valence-corrected chi connectivity index (χ0v) is 18.8. The lowest BCUT2D eigenvalue weighted by atomic mass is 10.0. The molecule has 154 valence electrons. The van der Waals surface area contributed by atoms with Crippen LogP contribution in [0, 0.1) is 5.92 Å². The Morgan fingerprint density at radius 3 is 2.44 bits per heavy atom. The van der Waals surface area contributed by atoms with Gasteiger partial charge in [0, 0.05) is 25.4 Å². The molecule has 0 bridgehead atoms. The number of nitrogens with zero attached hydrogens (tertiary/aromatic N) is 1. The third-order valence-electron chi connectivity index (χ3n) is 3.94. The molecule has 1 unspecified atom stereocenters. The number of carbonyl (C=O) groups is 1. The highest BCUT2D eigenvalue weighted by Crippen LogP contribution is 2.11. The minimum Gasteiger partial charge on any atom is -0.453 e. The minimum atomic E-state index is -0.487. The molecule has 1 rings (SSSR count). The van der Waals surface area contributed by atoms with Gasteiger partial charge in [-0.25, -0.2) is 9.79 Å². The van der Waals surface area contributed by atoms with Crippen molar-refractivity contribution in [3.05, 3.63) is 29.8 Å². The maximum atomic E-state index is 11.2. The van der Waals surface area contributed by atoms with E-state index in [0.717, 1.165) is 43.9 Å². The van der Waals surface area contributed by atoms with E-state index in [4.69, 9.17) is 5.11 Å². The summed E-state index contributed by atoms with van der Waals surface area (Å²) >= 11 is 0. The first-order chi connectivity index (χ1) is 12.6. The second-order valence-electron chi connectivity index (χ2n) is 6.06. The molecule has 1 aromatic carbocycles. The first-order valence-corrected chi connectivity index (χ1v) is 9.19. The third-order valence-corrected chi connectivity index (χ3v) is 3.94. The van der Waals surface area contributed by atoms with Gasteiger partial charge in [-0.3, -0.25) is 5.32 Å². The van der Waals surface area contributed by atoms with Crippen LogP contribution in [-0.4, -0.2) is 44.0 Å². The van der Waals surface area contributed by atoms with Crippen molar-refractivity contribution in [3.8, 4) is 0 Å². The topological polar surface area (TPSA) is 95.0 Å². The molecule has 0 heterocycles. The van der Waals surface area contributed by atoms with Crippen LogP contribution < -0.4 is 16.0 Å². The van der Waals surface area contributed by atoms with Gasteiger partial charge in [-0.2, -0.15) is 0 Å². The largest absolute Gasteiger partial charge is 0.453 e. The Bertz CT molecular complexity index is 546. The second kappa shape index (κ2) is 15.5. The van der Waals surface area contributed by atoms with Crippen LogP contribution in [0.5, 0.6) is 0 Å². The number of aliphatic hydroxyl groups is 1. The number of halogens is 1. The summed E-state index contributed by atoms with van der Waals surface area (Å²) in [6, 6.07) is 7.48. The van der Waals surface area contributed by atoms with Crippen molar-refractivity contribution in [2.24, 2.45) is 10.9 Å². The normalized spacial score (nSPS) is 11.9. The highest BCUT2D eigenvalue weighted by molar-refractivity contribution is 14.0. The number of anilines is 1. The maximum absolute atomic E-state index is 11.2. The molecule has 0 saturated heterocycles. The summed E-state index contributed by atoms with van der Waals surface area (Å²) in [6.45, 7) is 6.51. The summed E-state index contributed by atoms with van der Waals surface area (Å²) in [5, 5.41) is 18.4. The van der Waals surface area contributed by atoms with Crippen LogP contribution in [0.2, 0.25) is 0 Å². The van der Waals surface area contributed by atoms with Gasteiger partial charge in [0.25, 0.3) is 0 Å². The Hall–Kier alpha value is -1.55. The van der Waals surface area contributed by atoms with Gasteiger partial charge < -0.3 is 20.5 Å². The van der Waals surface area contributed by atoms with Gasteiger partial charge in [0.1, 0.15) is 0 Å². The Morgan fingerprint density at radius 2 is 1.89 bits per heavy atom. The van der Waals surface area contributed by atoms with E-state index in [0.29, 0.717) is 18.2 Å². The monoisotopic (exact) mass is 492 g/mol. The molecule has 0 aromatic heterocycles. The molecule has 0 aliphatic carbocycles. The summed E-state index contributed by atoms with van der Waals surface area (Å²) in [4.78, 5) is 15.8. The number of amides is 1. The van der Waals surface area contributed by atoms with Gasteiger partial charge in [-0.05, 0) is 43.4 Å². The molecule has 1 aromatic rings. The number of aliphatic imine (C=N–C) groups is 1. The Labute approximate surface area is 179 Å². The van der Waals surface area contributed by atoms with E-state index >= 15 is 0 Å². The van der Waals surface area contributed by atoms with Crippen LogP contribution in [0.1, 0.15) is 38.7 Å². The van der Waals surface area contributed by atoms with Gasteiger partial charge >= 0.3 is 6.09 Å². The van der Waals surface area contributed by atoms with Crippen LogP contribution in [0.3, 0.4) is 0 Å². The number of rotatable bonds is 10. The van der Waals surface area contributed by atoms with E-state index in [9.17, 15) is 4.79 Å². The smallest absolute Gasteiger partial charge is 0.411 e. The highest BCUT2D eigenvalue weighted by atomic mass is 127. The standard InChI is InChI=1S/C19H32N4O3.HI/c1-4-6-15(11-12-24)13-21-18(20-5-2)22-14-16-7-9-17(10-8-16)23-19(25)26-3;/h7-10,15,24H,4-6,11-14H2,1-3H3,(H,23,25)(H2,20,21,22);1H. The fourth-order valence-corrected chi connectivity index (χ4v) is 2.55. The molecule has 0 fully saturated rings. The quantitative estimate of drug-likeness (QED) is 0.228. The molecule has 1 atom stereocenters. The van der Waals surface area contributed by atoms with E-state index in [1.807, 2.05) is 31.2 Å². The van der Waals surface area contributed by atoms with Crippen LogP contribution in [0.4, 0.5) is 10.5 Å². The Balaban J connectivity index is 0.00000676. The molecule has 0 spiro atoms. The molecule has 7 nitrogen and oxygen atoms in total. The fourth-order valence-electron chi connectivity index (χ4n) is 2.55. The van der Waals surface area contributed by atoms with Gasteiger partial charge in [-0.1, -0.05) is 25.5 Å². The predicted molar refractivity (Wildman–Crippen MR) is 121 cm³/mol. The molecule has 0 aliphatic rings. The molecular formula is C19H33IN4O3. The Morgan fingerprint density at radius 1 is 1.19 bits per heavy atom. The van der Waals surface area contributed by atoms with Gasteiger partial charge in [0.05, 0.1) is 13.7 Å². The van der Waals surface area contributed by atoms with Crippen molar-refractivity contribution in [2.45, 2.75) is 39.7 Å². The minimum absolute atomic E-state index is 0. The molecule has 4 N–H and O–H groups in total. The maximum Gasteiger partial charge on any atom is 0.411 e. The zero-order valence-electron chi connectivity index (χ0n) is 16.5. The number of benzene rings is 1. The van der Waals surface area contributed by atoms with Crippen LogP contribution in [-0.2, 0) is 11.3 Å². The van der Waals surface area contributed by atoms with Gasteiger partial charge in [-0.15, -0.1) is 24.0 Å². The van der Waals surface area contributed by atoms with Crippen LogP contribution in [0.25, 0.3) is 0 Å². The summed E-state index contributed by atoms with van der Waals surface area (Å²) in [5.74, 6) is 1.21.